The van der Waals surface area contributed by atoms with Crippen molar-refractivity contribution in [1.82, 2.24) is 14.8 Å². The van der Waals surface area contributed by atoms with Crippen LogP contribution in [0.2, 0.25) is 0 Å². The van der Waals surface area contributed by atoms with E-state index in [4.69, 9.17) is 4.74 Å². The van der Waals surface area contributed by atoms with Crippen LogP contribution in [0.3, 0.4) is 0 Å². The fourth-order valence-electron chi connectivity index (χ4n) is 2.95. The maximum absolute atomic E-state index is 12.4. The summed E-state index contributed by atoms with van der Waals surface area (Å²) in [7, 11) is 1.59. The number of thioether (sulfide) groups is 1. The van der Waals surface area contributed by atoms with Crippen LogP contribution >= 0.6 is 11.8 Å². The van der Waals surface area contributed by atoms with E-state index in [1.165, 1.54) is 17.3 Å². The number of nitrogens with one attached hydrogen (secondary N) is 1. The lowest BCUT2D eigenvalue weighted by Crippen LogP contribution is -2.14. The second-order valence-corrected chi connectivity index (χ2v) is 7.99. The number of rotatable bonds is 9. The van der Waals surface area contributed by atoms with Gasteiger partial charge in [-0.3, -0.25) is 9.36 Å². The highest BCUT2D eigenvalue weighted by Crippen LogP contribution is 2.26. The molecule has 0 aliphatic carbocycles. The molecule has 0 unspecified atom stereocenters. The van der Waals surface area contributed by atoms with Gasteiger partial charge in [0, 0.05) is 23.9 Å². The minimum Gasteiger partial charge on any atom is -0.497 e. The number of allylic oxidation sites excluding steroid dienone is 1. The van der Waals surface area contributed by atoms with Gasteiger partial charge in [-0.2, -0.15) is 0 Å². The summed E-state index contributed by atoms with van der Waals surface area (Å²) >= 11 is 1.35. The second kappa shape index (κ2) is 10.1. The van der Waals surface area contributed by atoms with Crippen molar-refractivity contribution < 1.29 is 9.53 Å². The maximum Gasteiger partial charge on any atom is 0.234 e. The summed E-state index contributed by atoms with van der Waals surface area (Å²) in [6.45, 7) is 8.74. The standard InChI is InChI=1S/C23H26N4O2S/c1-5-13-27-22(18-11-9-17(10-12-18)16(2)3)25-26-23(27)30-15-21(28)24-19-7-6-8-20(14-19)29-4/h5-12,14,16H,1,13,15H2,2-4H3,(H,24,28). The van der Waals surface area contributed by atoms with Gasteiger partial charge in [0.2, 0.25) is 5.91 Å². The van der Waals surface area contributed by atoms with Gasteiger partial charge in [-0.05, 0) is 23.6 Å². The van der Waals surface area contributed by atoms with Gasteiger partial charge in [-0.1, -0.05) is 62.0 Å². The van der Waals surface area contributed by atoms with E-state index in [0.29, 0.717) is 29.1 Å². The van der Waals surface area contributed by atoms with Gasteiger partial charge in [-0.25, -0.2) is 0 Å². The SMILES string of the molecule is C=CCn1c(SCC(=O)Nc2cccc(OC)c2)nnc1-c1ccc(C(C)C)cc1. The molecule has 0 aliphatic heterocycles. The molecule has 1 N–H and O–H groups in total. The molecule has 0 saturated carbocycles. The minimum atomic E-state index is -0.121. The third-order valence-electron chi connectivity index (χ3n) is 4.55. The first-order valence-corrected chi connectivity index (χ1v) is 10.7. The van der Waals surface area contributed by atoms with E-state index in [2.05, 4.69) is 60.2 Å². The zero-order valence-corrected chi connectivity index (χ0v) is 18.3. The van der Waals surface area contributed by atoms with Crippen molar-refractivity contribution in [1.29, 1.82) is 0 Å². The summed E-state index contributed by atoms with van der Waals surface area (Å²) in [6, 6.07) is 15.6. The number of methoxy groups -OCH3 is 1. The van der Waals surface area contributed by atoms with Gasteiger partial charge in [0.1, 0.15) is 5.75 Å². The molecule has 3 rings (SSSR count). The van der Waals surface area contributed by atoms with Crippen LogP contribution in [0.5, 0.6) is 5.75 Å². The van der Waals surface area contributed by atoms with Crippen molar-refractivity contribution in [3.05, 3.63) is 66.7 Å². The Hall–Kier alpha value is -3.06. The molecule has 0 spiro atoms. The number of amides is 1. The molecule has 6 nitrogen and oxygen atoms in total. The van der Waals surface area contributed by atoms with Crippen LogP contribution < -0.4 is 10.1 Å². The van der Waals surface area contributed by atoms with Gasteiger partial charge in [0.25, 0.3) is 0 Å². The van der Waals surface area contributed by atoms with Crippen molar-refractivity contribution in [3.63, 3.8) is 0 Å². The van der Waals surface area contributed by atoms with Gasteiger partial charge >= 0.3 is 0 Å². The number of nitrogens with zero attached hydrogens (tertiary/aromatic N) is 3. The zero-order valence-electron chi connectivity index (χ0n) is 17.5. The Kier molecular flexibility index (Phi) is 7.30. The number of hydrogen-bond donors (Lipinski definition) is 1. The van der Waals surface area contributed by atoms with Crippen LogP contribution in [0.4, 0.5) is 5.69 Å². The highest BCUT2D eigenvalue weighted by molar-refractivity contribution is 7.99. The molecule has 3 aromatic rings. The minimum absolute atomic E-state index is 0.121. The van der Waals surface area contributed by atoms with E-state index in [1.54, 1.807) is 19.3 Å². The Balaban J connectivity index is 1.71. The van der Waals surface area contributed by atoms with Crippen LogP contribution in [0.25, 0.3) is 11.4 Å². The van der Waals surface area contributed by atoms with Crippen LogP contribution in [0.15, 0.2) is 66.3 Å². The Labute approximate surface area is 181 Å². The maximum atomic E-state index is 12.4. The summed E-state index contributed by atoms with van der Waals surface area (Å²) in [4.78, 5) is 12.4. The summed E-state index contributed by atoms with van der Waals surface area (Å²) < 4.78 is 7.16. The molecule has 0 bridgehead atoms. The van der Waals surface area contributed by atoms with Crippen LogP contribution in [-0.4, -0.2) is 33.5 Å². The molecule has 7 heteroatoms. The van der Waals surface area contributed by atoms with Crippen molar-refractivity contribution in [2.24, 2.45) is 0 Å². The molecule has 1 heterocycles. The molecule has 2 aromatic carbocycles. The fourth-order valence-corrected chi connectivity index (χ4v) is 3.70. The molecule has 0 atom stereocenters. The lowest BCUT2D eigenvalue weighted by atomic mass is 10.0. The van der Waals surface area contributed by atoms with Gasteiger partial charge in [0.15, 0.2) is 11.0 Å². The number of benzene rings is 2. The van der Waals surface area contributed by atoms with Gasteiger partial charge in [-0.15, -0.1) is 16.8 Å². The molecule has 156 valence electrons. The van der Waals surface area contributed by atoms with E-state index >= 15 is 0 Å². The largest absolute Gasteiger partial charge is 0.497 e. The third kappa shape index (κ3) is 5.30. The van der Waals surface area contributed by atoms with Crippen LogP contribution in [0, 0.1) is 0 Å². The first kappa shape index (κ1) is 21.6. The quantitative estimate of drug-likeness (QED) is 0.388. The average Bonchev–Trinajstić information content (AvgIpc) is 3.15. The molecule has 0 saturated heterocycles. The summed E-state index contributed by atoms with van der Waals surface area (Å²) in [5, 5.41) is 12.2. The number of carbonyl (C=O) groups excluding carboxylic acids is 1. The van der Waals surface area contributed by atoms with E-state index in [-0.39, 0.29) is 11.7 Å². The lowest BCUT2D eigenvalue weighted by molar-refractivity contribution is -0.113. The summed E-state index contributed by atoms with van der Waals surface area (Å²) in [6.07, 6.45) is 1.80. The molecule has 0 fully saturated rings. The molecule has 1 aromatic heterocycles. The molecule has 0 aliphatic rings. The highest BCUT2D eigenvalue weighted by atomic mass is 32.2. The summed E-state index contributed by atoms with van der Waals surface area (Å²) in [5.41, 5.74) is 2.96. The summed E-state index contributed by atoms with van der Waals surface area (Å²) in [5.74, 6) is 2.03. The highest BCUT2D eigenvalue weighted by Gasteiger charge is 2.15. The first-order valence-electron chi connectivity index (χ1n) is 9.73. The Morgan fingerprint density at radius 2 is 2.00 bits per heavy atom. The molecule has 0 radical (unpaired) electrons. The van der Waals surface area contributed by atoms with E-state index < -0.39 is 0 Å². The van der Waals surface area contributed by atoms with Crippen molar-refractivity contribution in [2.45, 2.75) is 31.5 Å². The predicted octanol–water partition coefficient (Wildman–Crippen LogP) is 4.99. The van der Waals surface area contributed by atoms with Crippen molar-refractivity contribution >= 4 is 23.4 Å². The van der Waals surface area contributed by atoms with Crippen molar-refractivity contribution in [3.8, 4) is 17.1 Å². The fraction of sp³-hybridized carbons (Fsp3) is 0.261. The third-order valence-corrected chi connectivity index (χ3v) is 5.52. The van der Waals surface area contributed by atoms with Gasteiger partial charge in [0.05, 0.1) is 12.9 Å². The van der Waals surface area contributed by atoms with Crippen LogP contribution in [-0.2, 0) is 11.3 Å². The number of hydrogen-bond acceptors (Lipinski definition) is 5. The van der Waals surface area contributed by atoms with E-state index in [9.17, 15) is 4.79 Å². The van der Waals surface area contributed by atoms with E-state index in [1.807, 2.05) is 22.8 Å². The number of carbonyl (C=O) groups is 1. The average molecular weight is 423 g/mol. The Morgan fingerprint density at radius 3 is 2.67 bits per heavy atom. The second-order valence-electron chi connectivity index (χ2n) is 7.05. The van der Waals surface area contributed by atoms with Crippen LogP contribution in [0.1, 0.15) is 25.3 Å². The zero-order chi connectivity index (χ0) is 21.5. The number of ether oxygens (including phenoxy) is 1. The van der Waals surface area contributed by atoms with Crippen molar-refractivity contribution in [2.75, 3.05) is 18.2 Å². The first-order chi connectivity index (χ1) is 14.5. The monoisotopic (exact) mass is 422 g/mol. The Bertz CT molecular complexity index is 1010. The molecule has 30 heavy (non-hydrogen) atoms. The molecular formula is C23H26N4O2S. The predicted molar refractivity (Wildman–Crippen MR) is 122 cm³/mol. The number of aromatic nitrogens is 3. The van der Waals surface area contributed by atoms with E-state index in [0.717, 1.165) is 11.4 Å². The number of anilines is 1. The van der Waals surface area contributed by atoms with Gasteiger partial charge < -0.3 is 10.1 Å². The molecular weight excluding hydrogens is 396 g/mol. The normalized spacial score (nSPS) is 10.8. The Morgan fingerprint density at radius 1 is 1.23 bits per heavy atom. The topological polar surface area (TPSA) is 69.0 Å². The smallest absolute Gasteiger partial charge is 0.234 e. The molecule has 1 amide bonds. The lowest BCUT2D eigenvalue weighted by Gasteiger charge is -2.10.